The Morgan fingerprint density at radius 2 is 2.21 bits per heavy atom. The Morgan fingerprint density at radius 3 is 2.86 bits per heavy atom. The number of rotatable bonds is 2. The van der Waals surface area contributed by atoms with E-state index in [1.54, 1.807) is 12.4 Å². The molecule has 1 saturated heterocycles. The van der Waals surface area contributed by atoms with Crippen molar-refractivity contribution in [2.45, 2.75) is 25.3 Å². The standard InChI is InChI=1S/C11H16N2O/c1-11(9-14)5-2-8-13(11)10-3-6-12-7-4-10/h3-4,6-7,14H,2,5,8-9H2,1H3/t11-/m1/s1. The normalized spacial score (nSPS) is 26.9. The molecule has 1 aliphatic heterocycles. The summed E-state index contributed by atoms with van der Waals surface area (Å²) in [6.45, 7) is 3.36. The lowest BCUT2D eigenvalue weighted by Gasteiger charge is -2.35. The number of hydrogen-bond acceptors (Lipinski definition) is 3. The Bertz CT molecular complexity index is 301. The van der Waals surface area contributed by atoms with Crippen molar-refractivity contribution >= 4 is 5.69 Å². The van der Waals surface area contributed by atoms with E-state index in [2.05, 4.69) is 16.8 Å². The van der Waals surface area contributed by atoms with E-state index >= 15 is 0 Å². The molecule has 3 nitrogen and oxygen atoms in total. The lowest BCUT2D eigenvalue weighted by Crippen LogP contribution is -2.44. The molecule has 0 amide bonds. The summed E-state index contributed by atoms with van der Waals surface area (Å²) in [5.41, 5.74) is 1.08. The van der Waals surface area contributed by atoms with Gasteiger partial charge in [-0.15, -0.1) is 0 Å². The van der Waals surface area contributed by atoms with E-state index < -0.39 is 0 Å². The molecule has 2 heterocycles. The zero-order chi connectivity index (χ0) is 10.0. The van der Waals surface area contributed by atoms with Crippen molar-refractivity contribution in [1.82, 2.24) is 4.98 Å². The maximum absolute atomic E-state index is 9.40. The molecule has 0 aromatic carbocycles. The predicted octanol–water partition coefficient (Wildman–Crippen LogP) is 1.43. The van der Waals surface area contributed by atoms with E-state index in [1.807, 2.05) is 12.1 Å². The molecule has 1 atom stereocenters. The highest BCUT2D eigenvalue weighted by molar-refractivity contribution is 5.48. The fourth-order valence-electron chi connectivity index (χ4n) is 2.15. The molecular weight excluding hydrogens is 176 g/mol. The van der Waals surface area contributed by atoms with Crippen LogP contribution in [0.15, 0.2) is 24.5 Å². The summed E-state index contributed by atoms with van der Waals surface area (Å²) in [6, 6.07) is 4.00. The number of hydrogen-bond donors (Lipinski definition) is 1. The van der Waals surface area contributed by atoms with Gasteiger partial charge in [-0.25, -0.2) is 0 Å². The second-order valence-electron chi connectivity index (χ2n) is 4.12. The average molecular weight is 192 g/mol. The molecule has 3 heteroatoms. The summed E-state index contributed by atoms with van der Waals surface area (Å²) in [4.78, 5) is 6.27. The van der Waals surface area contributed by atoms with Gasteiger partial charge in [0.2, 0.25) is 0 Å². The fraction of sp³-hybridized carbons (Fsp3) is 0.545. The van der Waals surface area contributed by atoms with Crippen LogP contribution in [0.1, 0.15) is 19.8 Å². The van der Waals surface area contributed by atoms with Crippen LogP contribution < -0.4 is 4.90 Å². The molecular formula is C11H16N2O. The highest BCUT2D eigenvalue weighted by atomic mass is 16.3. The van der Waals surface area contributed by atoms with Gasteiger partial charge in [0.1, 0.15) is 0 Å². The van der Waals surface area contributed by atoms with Gasteiger partial charge in [-0.3, -0.25) is 4.98 Å². The van der Waals surface area contributed by atoms with Crippen LogP contribution in [0.4, 0.5) is 5.69 Å². The highest BCUT2D eigenvalue weighted by Gasteiger charge is 2.35. The van der Waals surface area contributed by atoms with E-state index in [0.717, 1.165) is 25.1 Å². The summed E-state index contributed by atoms with van der Waals surface area (Å²) in [7, 11) is 0. The van der Waals surface area contributed by atoms with Crippen molar-refractivity contribution in [3.8, 4) is 0 Å². The molecule has 2 rings (SSSR count). The topological polar surface area (TPSA) is 36.4 Å². The zero-order valence-electron chi connectivity index (χ0n) is 8.48. The second kappa shape index (κ2) is 3.58. The lowest BCUT2D eigenvalue weighted by atomic mass is 10.00. The molecule has 1 aromatic heterocycles. The number of aliphatic hydroxyl groups is 1. The lowest BCUT2D eigenvalue weighted by molar-refractivity contribution is 0.210. The summed E-state index contributed by atoms with van der Waals surface area (Å²) in [5.74, 6) is 0. The average Bonchev–Trinajstić information content (AvgIpc) is 2.63. The summed E-state index contributed by atoms with van der Waals surface area (Å²) in [5, 5.41) is 9.40. The number of pyridine rings is 1. The van der Waals surface area contributed by atoms with Crippen molar-refractivity contribution in [3.63, 3.8) is 0 Å². The minimum atomic E-state index is -0.0820. The highest BCUT2D eigenvalue weighted by Crippen LogP contribution is 2.32. The summed E-state index contributed by atoms with van der Waals surface area (Å²) in [6.07, 6.45) is 5.81. The van der Waals surface area contributed by atoms with Crippen LogP contribution in [0, 0.1) is 0 Å². The van der Waals surface area contributed by atoms with Crippen LogP contribution in [0.5, 0.6) is 0 Å². The predicted molar refractivity (Wildman–Crippen MR) is 56.3 cm³/mol. The van der Waals surface area contributed by atoms with Crippen LogP contribution in [0.3, 0.4) is 0 Å². The molecule has 1 N–H and O–H groups in total. The first-order chi connectivity index (χ1) is 6.76. The molecule has 0 unspecified atom stereocenters. The van der Waals surface area contributed by atoms with Gasteiger partial charge in [0, 0.05) is 24.6 Å². The van der Waals surface area contributed by atoms with Crippen molar-refractivity contribution < 1.29 is 5.11 Å². The van der Waals surface area contributed by atoms with Crippen LogP contribution in [0.2, 0.25) is 0 Å². The van der Waals surface area contributed by atoms with Crippen molar-refractivity contribution in [2.75, 3.05) is 18.1 Å². The van der Waals surface area contributed by atoms with Crippen molar-refractivity contribution in [3.05, 3.63) is 24.5 Å². The Labute approximate surface area is 84.4 Å². The van der Waals surface area contributed by atoms with E-state index in [4.69, 9.17) is 0 Å². The van der Waals surface area contributed by atoms with Gasteiger partial charge >= 0.3 is 0 Å². The van der Waals surface area contributed by atoms with E-state index in [1.165, 1.54) is 0 Å². The Kier molecular flexibility index (Phi) is 2.42. The molecule has 1 aromatic rings. The first-order valence-corrected chi connectivity index (χ1v) is 5.05. The maximum atomic E-state index is 9.40. The van der Waals surface area contributed by atoms with Gasteiger partial charge in [-0.05, 0) is 31.9 Å². The quantitative estimate of drug-likeness (QED) is 0.770. The Balaban J connectivity index is 2.26. The smallest absolute Gasteiger partial charge is 0.0661 e. The van der Waals surface area contributed by atoms with Crippen molar-refractivity contribution in [1.29, 1.82) is 0 Å². The molecule has 0 bridgehead atoms. The molecule has 0 saturated carbocycles. The number of nitrogens with zero attached hydrogens (tertiary/aromatic N) is 2. The molecule has 0 aliphatic carbocycles. The third-order valence-electron chi connectivity index (χ3n) is 3.06. The number of aliphatic hydroxyl groups excluding tert-OH is 1. The fourth-order valence-corrected chi connectivity index (χ4v) is 2.15. The van der Waals surface area contributed by atoms with Gasteiger partial charge in [0.25, 0.3) is 0 Å². The Morgan fingerprint density at radius 1 is 1.50 bits per heavy atom. The molecule has 14 heavy (non-hydrogen) atoms. The van der Waals surface area contributed by atoms with Gasteiger partial charge in [0.15, 0.2) is 0 Å². The van der Waals surface area contributed by atoms with E-state index in [-0.39, 0.29) is 12.1 Å². The number of aromatic nitrogens is 1. The van der Waals surface area contributed by atoms with E-state index in [0.29, 0.717) is 0 Å². The first-order valence-electron chi connectivity index (χ1n) is 5.05. The summed E-state index contributed by atoms with van der Waals surface area (Å²) < 4.78 is 0. The molecule has 0 spiro atoms. The largest absolute Gasteiger partial charge is 0.394 e. The minimum Gasteiger partial charge on any atom is -0.394 e. The van der Waals surface area contributed by atoms with Crippen LogP contribution in [-0.4, -0.2) is 28.8 Å². The third-order valence-corrected chi connectivity index (χ3v) is 3.06. The molecule has 1 aliphatic rings. The van der Waals surface area contributed by atoms with Crippen molar-refractivity contribution in [2.24, 2.45) is 0 Å². The monoisotopic (exact) mass is 192 g/mol. The second-order valence-corrected chi connectivity index (χ2v) is 4.12. The van der Waals surface area contributed by atoms with Crippen LogP contribution in [-0.2, 0) is 0 Å². The third kappa shape index (κ3) is 1.48. The van der Waals surface area contributed by atoms with Gasteiger partial charge in [-0.2, -0.15) is 0 Å². The summed E-state index contributed by atoms with van der Waals surface area (Å²) >= 11 is 0. The van der Waals surface area contributed by atoms with E-state index in [9.17, 15) is 5.11 Å². The Hall–Kier alpha value is -1.09. The zero-order valence-corrected chi connectivity index (χ0v) is 8.48. The van der Waals surface area contributed by atoms with Crippen LogP contribution >= 0.6 is 0 Å². The number of anilines is 1. The molecule has 76 valence electrons. The maximum Gasteiger partial charge on any atom is 0.0661 e. The molecule has 1 fully saturated rings. The minimum absolute atomic E-state index is 0.0820. The van der Waals surface area contributed by atoms with Gasteiger partial charge < -0.3 is 10.0 Å². The first kappa shape index (κ1) is 9.46. The van der Waals surface area contributed by atoms with Gasteiger partial charge in [0.05, 0.1) is 12.1 Å². The van der Waals surface area contributed by atoms with Crippen LogP contribution in [0.25, 0.3) is 0 Å². The SMILES string of the molecule is C[C@]1(CO)CCCN1c1ccncc1. The molecule has 0 radical (unpaired) electrons. The van der Waals surface area contributed by atoms with Gasteiger partial charge in [-0.1, -0.05) is 0 Å².